The molecule has 0 N–H and O–H groups in total. The predicted molar refractivity (Wildman–Crippen MR) is 131 cm³/mol. The van der Waals surface area contributed by atoms with E-state index in [2.05, 4.69) is 61.2 Å². The highest BCUT2D eigenvalue weighted by molar-refractivity contribution is 7.90. The van der Waals surface area contributed by atoms with Gasteiger partial charge in [-0.1, -0.05) is 42.5 Å². The number of hydrogen-bond acceptors (Lipinski definition) is 4. The van der Waals surface area contributed by atoms with E-state index in [1.807, 2.05) is 17.0 Å². The lowest BCUT2D eigenvalue weighted by atomic mass is 9.68. The maximum absolute atomic E-state index is 13.4. The largest absolute Gasteiger partial charge is 0.320 e. The summed E-state index contributed by atoms with van der Waals surface area (Å²) in [7, 11) is 1.10. The summed E-state index contributed by atoms with van der Waals surface area (Å²) in [4.78, 5) is 20.0. The maximum atomic E-state index is 13.4. The number of carbonyl (C=O) groups excluding carboxylic acids is 1. The van der Waals surface area contributed by atoms with E-state index >= 15 is 0 Å². The fraction of sp³-hybridized carbons (Fsp3) is 0.500. The molecule has 4 rings (SSSR count). The normalized spacial score (nSPS) is 25.9. The van der Waals surface area contributed by atoms with E-state index in [1.165, 1.54) is 11.8 Å². The van der Waals surface area contributed by atoms with E-state index in [1.54, 1.807) is 12.1 Å². The van der Waals surface area contributed by atoms with E-state index in [0.29, 0.717) is 24.5 Å². The van der Waals surface area contributed by atoms with Crippen LogP contribution in [0.5, 0.6) is 0 Å². The molecule has 33 heavy (non-hydrogen) atoms. The predicted octanol–water partition coefficient (Wildman–Crippen LogP) is 4.12. The molecule has 2 fully saturated rings. The molecule has 1 aliphatic heterocycles. The minimum atomic E-state index is -3.23. The third-order valence-electron chi connectivity index (χ3n) is 7.78. The molecule has 6 nitrogen and oxygen atoms in total. The van der Waals surface area contributed by atoms with Crippen molar-refractivity contribution in [3.05, 3.63) is 65.7 Å². The van der Waals surface area contributed by atoms with Gasteiger partial charge in [0, 0.05) is 31.4 Å². The van der Waals surface area contributed by atoms with Crippen molar-refractivity contribution in [2.75, 3.05) is 33.4 Å². The molecule has 0 unspecified atom stereocenters. The van der Waals surface area contributed by atoms with Gasteiger partial charge in [-0.25, -0.2) is 13.2 Å². The number of hydrogen-bond donors (Lipinski definition) is 0. The number of rotatable bonds is 6. The van der Waals surface area contributed by atoms with E-state index in [4.69, 9.17) is 0 Å². The molecule has 0 radical (unpaired) electrons. The first-order chi connectivity index (χ1) is 15.6. The van der Waals surface area contributed by atoms with Gasteiger partial charge < -0.3 is 9.80 Å². The molecule has 0 bridgehead atoms. The smallest absolute Gasteiger partial charge is 0.318 e. The van der Waals surface area contributed by atoms with Crippen molar-refractivity contribution in [1.29, 1.82) is 0 Å². The lowest BCUT2D eigenvalue weighted by molar-refractivity contribution is 0.0261. The summed E-state index contributed by atoms with van der Waals surface area (Å²) in [6, 6.07) is 17.7. The Morgan fingerprint density at radius 1 is 0.939 bits per heavy atom. The summed E-state index contributed by atoms with van der Waals surface area (Å²) in [6.07, 6.45) is 5.14. The van der Waals surface area contributed by atoms with Crippen LogP contribution in [0.4, 0.5) is 4.79 Å². The summed E-state index contributed by atoms with van der Waals surface area (Å²) >= 11 is 0. The van der Waals surface area contributed by atoms with Crippen molar-refractivity contribution in [2.45, 2.75) is 55.1 Å². The number of urea groups is 1. The van der Waals surface area contributed by atoms with Crippen molar-refractivity contribution in [1.82, 2.24) is 14.7 Å². The Hall–Kier alpha value is -2.38. The van der Waals surface area contributed by atoms with Crippen LogP contribution in [0.1, 0.15) is 43.7 Å². The summed E-state index contributed by atoms with van der Waals surface area (Å²) < 4.78 is 23.5. The average molecular weight is 470 g/mol. The number of carbonyl (C=O) groups is 1. The fourth-order valence-electron chi connectivity index (χ4n) is 5.84. The number of amides is 2. The average Bonchev–Trinajstić information content (AvgIpc) is 3.04. The summed E-state index contributed by atoms with van der Waals surface area (Å²) in [5.74, 6) is 0. The van der Waals surface area contributed by atoms with Crippen molar-refractivity contribution in [2.24, 2.45) is 0 Å². The second-order valence-electron chi connectivity index (χ2n) is 9.82. The fourth-order valence-corrected chi connectivity index (χ4v) is 6.47. The summed E-state index contributed by atoms with van der Waals surface area (Å²) in [6.45, 7) is 3.97. The maximum Gasteiger partial charge on any atom is 0.320 e. The molecule has 2 aromatic carbocycles. The van der Waals surface area contributed by atoms with Gasteiger partial charge in [-0.2, -0.15) is 0 Å². The van der Waals surface area contributed by atoms with Gasteiger partial charge in [-0.3, -0.25) is 4.90 Å². The van der Waals surface area contributed by atoms with Crippen molar-refractivity contribution in [3.63, 3.8) is 0 Å². The van der Waals surface area contributed by atoms with Crippen molar-refractivity contribution >= 4 is 15.9 Å². The van der Waals surface area contributed by atoms with Crippen LogP contribution < -0.4 is 0 Å². The van der Waals surface area contributed by atoms with E-state index in [-0.39, 0.29) is 17.1 Å². The topological polar surface area (TPSA) is 60.9 Å². The van der Waals surface area contributed by atoms with Gasteiger partial charge in [-0.05, 0) is 70.0 Å². The molecule has 7 heteroatoms. The first-order valence-electron chi connectivity index (χ1n) is 11.7. The molecule has 2 amide bonds. The minimum Gasteiger partial charge on any atom is -0.318 e. The molecule has 1 saturated carbocycles. The van der Waals surface area contributed by atoms with E-state index < -0.39 is 9.84 Å². The zero-order chi connectivity index (χ0) is 23.9. The quantitative estimate of drug-likeness (QED) is 0.639. The number of nitrogens with zero attached hydrogens (tertiary/aromatic N) is 3. The third-order valence-corrected chi connectivity index (χ3v) is 8.90. The summed E-state index contributed by atoms with van der Waals surface area (Å²) in [5.41, 5.74) is 2.14. The third kappa shape index (κ3) is 4.28. The SMILES string of the molecule is CCN1C(=O)N(Cc2ccc(S(C)(=O)=O)cc2)C[C@]12CC[C@@](c1ccccc1)(N(C)C)CC2. The highest BCUT2D eigenvalue weighted by atomic mass is 32.2. The Bertz CT molecular complexity index is 1090. The number of likely N-dealkylation sites (N-methyl/N-ethyl adjacent to an activating group) is 1. The Kier molecular flexibility index (Phi) is 6.31. The van der Waals surface area contributed by atoms with Gasteiger partial charge >= 0.3 is 6.03 Å². The van der Waals surface area contributed by atoms with Crippen LogP contribution in [-0.2, 0) is 21.9 Å². The highest BCUT2D eigenvalue weighted by Gasteiger charge is 2.53. The van der Waals surface area contributed by atoms with Crippen LogP contribution in [-0.4, -0.2) is 68.1 Å². The molecule has 1 saturated heterocycles. The van der Waals surface area contributed by atoms with E-state index in [9.17, 15) is 13.2 Å². The summed E-state index contributed by atoms with van der Waals surface area (Å²) in [5, 5.41) is 0. The van der Waals surface area contributed by atoms with Crippen LogP contribution in [0.15, 0.2) is 59.5 Å². The second kappa shape index (κ2) is 8.76. The number of benzene rings is 2. The Morgan fingerprint density at radius 3 is 2.06 bits per heavy atom. The molecule has 2 aliphatic rings. The van der Waals surface area contributed by atoms with E-state index in [0.717, 1.165) is 31.2 Å². The van der Waals surface area contributed by atoms with Gasteiger partial charge in [0.05, 0.1) is 10.4 Å². The molecule has 0 aromatic heterocycles. The Morgan fingerprint density at radius 2 is 1.55 bits per heavy atom. The van der Waals surface area contributed by atoms with Gasteiger partial charge in [0.2, 0.25) is 0 Å². The Balaban J connectivity index is 1.54. The minimum absolute atomic E-state index is 0.0101. The molecule has 2 aromatic rings. The number of sulfone groups is 1. The van der Waals surface area contributed by atoms with Crippen LogP contribution in [0, 0.1) is 0 Å². The van der Waals surface area contributed by atoms with Gasteiger partial charge in [0.1, 0.15) is 0 Å². The molecule has 1 spiro atoms. The Labute approximate surface area is 198 Å². The standard InChI is InChI=1S/C26H35N3O3S/c1-5-29-24(30)28(19-21-11-13-23(14-12-21)33(4,31)32)20-25(29)15-17-26(18-16-25,27(2)3)22-9-7-6-8-10-22/h6-14H,5,15-20H2,1-4H3/t25-,26-. The van der Waals surface area contributed by atoms with Crippen molar-refractivity contribution in [3.8, 4) is 0 Å². The second-order valence-corrected chi connectivity index (χ2v) is 11.8. The molecule has 178 valence electrons. The monoisotopic (exact) mass is 469 g/mol. The highest BCUT2D eigenvalue weighted by Crippen LogP contribution is 2.48. The van der Waals surface area contributed by atoms with Crippen LogP contribution in [0.2, 0.25) is 0 Å². The van der Waals surface area contributed by atoms with Gasteiger partial charge in [0.15, 0.2) is 9.84 Å². The lowest BCUT2D eigenvalue weighted by Crippen LogP contribution is -2.55. The first-order valence-corrected chi connectivity index (χ1v) is 13.6. The van der Waals surface area contributed by atoms with Crippen LogP contribution >= 0.6 is 0 Å². The zero-order valence-electron chi connectivity index (χ0n) is 20.1. The van der Waals surface area contributed by atoms with Crippen LogP contribution in [0.3, 0.4) is 0 Å². The van der Waals surface area contributed by atoms with Crippen molar-refractivity contribution < 1.29 is 13.2 Å². The van der Waals surface area contributed by atoms with Crippen LogP contribution in [0.25, 0.3) is 0 Å². The molecular formula is C26H35N3O3S. The molecule has 1 heterocycles. The molecule has 1 aliphatic carbocycles. The molecular weight excluding hydrogens is 434 g/mol. The molecule has 0 atom stereocenters. The van der Waals surface area contributed by atoms with Gasteiger partial charge in [-0.15, -0.1) is 0 Å². The zero-order valence-corrected chi connectivity index (χ0v) is 20.9. The van der Waals surface area contributed by atoms with Gasteiger partial charge in [0.25, 0.3) is 0 Å². The lowest BCUT2D eigenvalue weighted by Gasteiger charge is -2.51. The first kappa shape index (κ1) is 23.8.